The first-order chi connectivity index (χ1) is 12.4. The van der Waals surface area contributed by atoms with Gasteiger partial charge in [-0.3, -0.25) is 9.52 Å². The van der Waals surface area contributed by atoms with Crippen molar-refractivity contribution >= 4 is 21.6 Å². The minimum absolute atomic E-state index is 0.000471. The number of rotatable bonds is 6. The molecule has 1 fully saturated rings. The predicted molar refractivity (Wildman–Crippen MR) is 95.0 cm³/mol. The summed E-state index contributed by atoms with van der Waals surface area (Å²) in [5, 5.41) is 2.75. The van der Waals surface area contributed by atoms with Crippen molar-refractivity contribution in [2.24, 2.45) is 0 Å². The Balaban J connectivity index is 1.71. The van der Waals surface area contributed by atoms with E-state index < -0.39 is 15.8 Å². The summed E-state index contributed by atoms with van der Waals surface area (Å²) in [6.07, 6.45) is 1.87. The van der Waals surface area contributed by atoms with Crippen LogP contribution >= 0.6 is 0 Å². The molecule has 26 heavy (non-hydrogen) atoms. The third kappa shape index (κ3) is 4.59. The molecule has 0 spiro atoms. The molecule has 8 heteroatoms. The van der Waals surface area contributed by atoms with Crippen LogP contribution < -0.4 is 10.0 Å². The van der Waals surface area contributed by atoms with Gasteiger partial charge in [0.25, 0.3) is 15.9 Å². The zero-order valence-electron chi connectivity index (χ0n) is 13.9. The second-order valence-corrected chi connectivity index (χ2v) is 7.67. The molecule has 0 aliphatic carbocycles. The lowest BCUT2D eigenvalue weighted by Gasteiger charge is -2.12. The van der Waals surface area contributed by atoms with E-state index in [2.05, 4.69) is 10.0 Å². The Hall–Kier alpha value is -2.45. The topological polar surface area (TPSA) is 84.5 Å². The lowest BCUT2D eigenvalue weighted by molar-refractivity contribution is 0.0857. The van der Waals surface area contributed by atoms with Crippen molar-refractivity contribution in [2.75, 3.05) is 17.9 Å². The molecule has 2 aromatic rings. The largest absolute Gasteiger partial charge is 0.376 e. The van der Waals surface area contributed by atoms with Crippen LogP contribution in [0, 0.1) is 5.82 Å². The number of sulfonamides is 1. The normalized spacial score (nSPS) is 17.0. The van der Waals surface area contributed by atoms with Gasteiger partial charge >= 0.3 is 0 Å². The molecule has 2 N–H and O–H groups in total. The maximum absolute atomic E-state index is 13.2. The maximum atomic E-state index is 13.2. The summed E-state index contributed by atoms with van der Waals surface area (Å²) < 4.78 is 45.9. The second-order valence-electron chi connectivity index (χ2n) is 5.99. The zero-order chi connectivity index (χ0) is 18.6. The summed E-state index contributed by atoms with van der Waals surface area (Å²) in [5.74, 6) is -0.921. The van der Waals surface area contributed by atoms with Crippen LogP contribution in [0.1, 0.15) is 23.2 Å². The molecule has 0 radical (unpaired) electrons. The molecule has 1 unspecified atom stereocenters. The van der Waals surface area contributed by atoms with Gasteiger partial charge in [-0.2, -0.15) is 0 Å². The Kier molecular flexibility index (Phi) is 5.53. The van der Waals surface area contributed by atoms with Crippen molar-refractivity contribution in [3.05, 3.63) is 59.9 Å². The molecular weight excluding hydrogens is 359 g/mol. The molecule has 1 aliphatic rings. The first kappa shape index (κ1) is 18.3. The van der Waals surface area contributed by atoms with E-state index in [1.54, 1.807) is 0 Å². The van der Waals surface area contributed by atoms with Crippen molar-refractivity contribution in [3.63, 3.8) is 0 Å². The Bertz CT molecular complexity index is 896. The molecule has 0 bridgehead atoms. The molecule has 1 amide bonds. The molecule has 1 atom stereocenters. The van der Waals surface area contributed by atoms with Gasteiger partial charge in [-0.05, 0) is 49.2 Å². The molecule has 6 nitrogen and oxygen atoms in total. The van der Waals surface area contributed by atoms with Gasteiger partial charge in [0.2, 0.25) is 0 Å². The smallest absolute Gasteiger partial charge is 0.261 e. The highest BCUT2D eigenvalue weighted by molar-refractivity contribution is 7.92. The number of halogens is 1. The van der Waals surface area contributed by atoms with Gasteiger partial charge in [-0.25, -0.2) is 12.8 Å². The summed E-state index contributed by atoms with van der Waals surface area (Å²) in [6.45, 7) is 1.08. The van der Waals surface area contributed by atoms with Crippen LogP contribution in [0.4, 0.5) is 10.1 Å². The number of benzene rings is 2. The average molecular weight is 378 g/mol. The number of hydrogen-bond acceptors (Lipinski definition) is 4. The first-order valence-electron chi connectivity index (χ1n) is 8.22. The molecule has 2 aromatic carbocycles. The fourth-order valence-corrected chi connectivity index (χ4v) is 3.78. The molecule has 0 aromatic heterocycles. The van der Waals surface area contributed by atoms with Crippen LogP contribution in [0.25, 0.3) is 0 Å². The predicted octanol–water partition coefficient (Wildman–Crippen LogP) is 2.54. The molecular formula is C18H19FN2O4S. The van der Waals surface area contributed by atoms with E-state index in [1.165, 1.54) is 42.5 Å². The Morgan fingerprint density at radius 1 is 1.19 bits per heavy atom. The zero-order valence-corrected chi connectivity index (χ0v) is 14.8. The number of hydrogen-bond donors (Lipinski definition) is 2. The van der Waals surface area contributed by atoms with Gasteiger partial charge in [0.05, 0.1) is 16.7 Å². The van der Waals surface area contributed by atoms with Gasteiger partial charge < -0.3 is 10.1 Å². The van der Waals surface area contributed by atoms with E-state index in [1.807, 2.05) is 0 Å². The van der Waals surface area contributed by atoms with Crippen molar-refractivity contribution in [1.82, 2.24) is 5.32 Å². The fraction of sp³-hybridized carbons (Fsp3) is 0.278. The highest BCUT2D eigenvalue weighted by atomic mass is 32.2. The van der Waals surface area contributed by atoms with Crippen LogP contribution in [-0.2, 0) is 14.8 Å². The van der Waals surface area contributed by atoms with Crippen LogP contribution in [-0.4, -0.2) is 33.6 Å². The van der Waals surface area contributed by atoms with Crippen molar-refractivity contribution in [1.29, 1.82) is 0 Å². The van der Waals surface area contributed by atoms with E-state index in [0.717, 1.165) is 18.9 Å². The lowest BCUT2D eigenvalue weighted by Crippen LogP contribution is -2.31. The summed E-state index contributed by atoms with van der Waals surface area (Å²) >= 11 is 0. The summed E-state index contributed by atoms with van der Waals surface area (Å²) in [4.78, 5) is 12.2. The Labute approximate surface area is 151 Å². The fourth-order valence-electron chi connectivity index (χ4n) is 2.68. The van der Waals surface area contributed by atoms with Crippen molar-refractivity contribution in [3.8, 4) is 0 Å². The van der Waals surface area contributed by atoms with Gasteiger partial charge in [0.1, 0.15) is 5.82 Å². The van der Waals surface area contributed by atoms with E-state index in [0.29, 0.717) is 13.2 Å². The molecule has 1 saturated heterocycles. The van der Waals surface area contributed by atoms with Gasteiger partial charge in [-0.1, -0.05) is 12.1 Å². The second kappa shape index (κ2) is 7.84. The molecule has 3 rings (SSSR count). The number of carbonyl (C=O) groups excluding carboxylic acids is 1. The summed E-state index contributed by atoms with van der Waals surface area (Å²) in [7, 11) is -3.94. The SMILES string of the molecule is O=C(NCC1CCCO1)c1cccc(S(=O)(=O)Nc2cccc(F)c2)c1. The number of nitrogens with one attached hydrogen (secondary N) is 2. The van der Waals surface area contributed by atoms with Gasteiger partial charge in [-0.15, -0.1) is 0 Å². The van der Waals surface area contributed by atoms with E-state index >= 15 is 0 Å². The number of amides is 1. The molecule has 138 valence electrons. The highest BCUT2D eigenvalue weighted by Crippen LogP contribution is 2.18. The van der Waals surface area contributed by atoms with Crippen molar-refractivity contribution in [2.45, 2.75) is 23.8 Å². The van der Waals surface area contributed by atoms with Gasteiger partial charge in [0, 0.05) is 18.7 Å². The summed E-state index contributed by atoms with van der Waals surface area (Å²) in [6, 6.07) is 10.8. The Morgan fingerprint density at radius 3 is 2.73 bits per heavy atom. The average Bonchev–Trinajstić information content (AvgIpc) is 3.13. The number of ether oxygens (including phenoxy) is 1. The third-order valence-electron chi connectivity index (χ3n) is 4.00. The molecule has 1 heterocycles. The van der Waals surface area contributed by atoms with Gasteiger partial charge in [0.15, 0.2) is 0 Å². The minimum Gasteiger partial charge on any atom is -0.376 e. The lowest BCUT2D eigenvalue weighted by atomic mass is 10.2. The van der Waals surface area contributed by atoms with E-state index in [4.69, 9.17) is 4.74 Å². The number of carbonyl (C=O) groups is 1. The molecule has 0 saturated carbocycles. The molecule has 1 aliphatic heterocycles. The van der Waals surface area contributed by atoms with Crippen LogP contribution in [0.2, 0.25) is 0 Å². The summed E-state index contributed by atoms with van der Waals surface area (Å²) in [5.41, 5.74) is 0.336. The standard InChI is InChI=1S/C18H19FN2O4S/c19-14-5-2-6-15(11-14)21-26(23,24)17-8-1-4-13(10-17)18(22)20-12-16-7-3-9-25-16/h1-2,4-6,8,10-11,16,21H,3,7,9,12H2,(H,20,22). The van der Waals surface area contributed by atoms with Crippen LogP contribution in [0.15, 0.2) is 53.4 Å². The highest BCUT2D eigenvalue weighted by Gasteiger charge is 2.19. The van der Waals surface area contributed by atoms with Crippen molar-refractivity contribution < 1.29 is 22.3 Å². The quantitative estimate of drug-likeness (QED) is 0.809. The monoisotopic (exact) mass is 378 g/mol. The minimum atomic E-state index is -3.94. The first-order valence-corrected chi connectivity index (χ1v) is 9.71. The maximum Gasteiger partial charge on any atom is 0.261 e. The van der Waals surface area contributed by atoms with E-state index in [9.17, 15) is 17.6 Å². The Morgan fingerprint density at radius 2 is 2.00 bits per heavy atom. The van der Waals surface area contributed by atoms with E-state index in [-0.39, 0.29) is 28.2 Å². The number of anilines is 1. The third-order valence-corrected chi connectivity index (χ3v) is 5.38. The van der Waals surface area contributed by atoms with Crippen LogP contribution in [0.3, 0.4) is 0 Å². The van der Waals surface area contributed by atoms with Crippen LogP contribution in [0.5, 0.6) is 0 Å².